The Bertz CT molecular complexity index is 349. The number of aliphatic hydroxyl groups is 2. The third-order valence-electron chi connectivity index (χ3n) is 2.69. The van der Waals surface area contributed by atoms with Gasteiger partial charge in [0.15, 0.2) is 0 Å². The zero-order valence-corrected chi connectivity index (χ0v) is 12.1. The molecule has 0 saturated carbocycles. The molecule has 0 radical (unpaired) electrons. The van der Waals surface area contributed by atoms with Crippen LogP contribution in [-0.4, -0.2) is 55.1 Å². The standard InChI is InChI=1S/C13H20BrNO3/c1-18-8-6-15(5-7-16)10-13(17)11-3-2-4-12(14)9-11/h2-4,9,13,16-17H,5-8,10H2,1H3. The minimum Gasteiger partial charge on any atom is -0.395 e. The Morgan fingerprint density at radius 3 is 2.78 bits per heavy atom. The molecule has 0 bridgehead atoms. The van der Waals surface area contributed by atoms with E-state index in [0.29, 0.717) is 26.2 Å². The van der Waals surface area contributed by atoms with E-state index in [1.54, 1.807) is 7.11 Å². The number of rotatable bonds is 8. The molecule has 1 aromatic carbocycles. The van der Waals surface area contributed by atoms with Gasteiger partial charge in [-0.3, -0.25) is 4.90 Å². The molecule has 0 aliphatic rings. The summed E-state index contributed by atoms with van der Waals surface area (Å²) in [5, 5.41) is 19.1. The molecule has 1 atom stereocenters. The fourth-order valence-electron chi connectivity index (χ4n) is 1.72. The summed E-state index contributed by atoms with van der Waals surface area (Å²) < 4.78 is 5.96. The van der Waals surface area contributed by atoms with Gasteiger partial charge in [0, 0.05) is 31.2 Å². The van der Waals surface area contributed by atoms with Crippen molar-refractivity contribution in [2.75, 3.05) is 40.0 Å². The van der Waals surface area contributed by atoms with Gasteiger partial charge in [0.25, 0.3) is 0 Å². The molecule has 0 saturated heterocycles. The molecule has 0 spiro atoms. The van der Waals surface area contributed by atoms with Gasteiger partial charge in [0.1, 0.15) is 0 Å². The number of halogens is 1. The van der Waals surface area contributed by atoms with Gasteiger partial charge in [-0.15, -0.1) is 0 Å². The number of hydrogen-bond acceptors (Lipinski definition) is 4. The second-order valence-electron chi connectivity index (χ2n) is 4.09. The van der Waals surface area contributed by atoms with E-state index in [2.05, 4.69) is 15.9 Å². The molecule has 1 rings (SSSR count). The highest BCUT2D eigenvalue weighted by molar-refractivity contribution is 9.10. The summed E-state index contributed by atoms with van der Waals surface area (Å²) in [7, 11) is 1.64. The SMILES string of the molecule is COCCN(CCO)CC(O)c1cccc(Br)c1. The Labute approximate surface area is 116 Å². The van der Waals surface area contributed by atoms with Crippen molar-refractivity contribution < 1.29 is 14.9 Å². The topological polar surface area (TPSA) is 52.9 Å². The van der Waals surface area contributed by atoms with Crippen LogP contribution in [0.3, 0.4) is 0 Å². The molecule has 0 aromatic heterocycles. The van der Waals surface area contributed by atoms with Crippen LogP contribution in [0.4, 0.5) is 0 Å². The van der Waals surface area contributed by atoms with Crippen molar-refractivity contribution in [3.8, 4) is 0 Å². The van der Waals surface area contributed by atoms with Crippen LogP contribution >= 0.6 is 15.9 Å². The molecular weight excluding hydrogens is 298 g/mol. The molecule has 102 valence electrons. The fraction of sp³-hybridized carbons (Fsp3) is 0.538. The lowest BCUT2D eigenvalue weighted by atomic mass is 10.1. The van der Waals surface area contributed by atoms with E-state index in [9.17, 15) is 5.11 Å². The number of ether oxygens (including phenoxy) is 1. The number of methoxy groups -OCH3 is 1. The summed E-state index contributed by atoms with van der Waals surface area (Å²) in [4.78, 5) is 1.98. The quantitative estimate of drug-likeness (QED) is 0.761. The minimum absolute atomic E-state index is 0.0783. The average Bonchev–Trinajstić information content (AvgIpc) is 2.36. The fourth-order valence-corrected chi connectivity index (χ4v) is 2.14. The Morgan fingerprint density at radius 1 is 1.39 bits per heavy atom. The largest absolute Gasteiger partial charge is 0.395 e. The van der Waals surface area contributed by atoms with Gasteiger partial charge in [-0.25, -0.2) is 0 Å². The molecule has 1 unspecified atom stereocenters. The highest BCUT2D eigenvalue weighted by Gasteiger charge is 2.13. The first kappa shape index (κ1) is 15.6. The maximum atomic E-state index is 10.2. The first-order valence-corrected chi connectivity index (χ1v) is 6.72. The highest BCUT2D eigenvalue weighted by Crippen LogP contribution is 2.18. The van der Waals surface area contributed by atoms with E-state index >= 15 is 0 Å². The Hall–Kier alpha value is -0.460. The van der Waals surface area contributed by atoms with E-state index in [1.807, 2.05) is 29.2 Å². The molecule has 0 fully saturated rings. The van der Waals surface area contributed by atoms with Crippen molar-refractivity contribution in [1.29, 1.82) is 0 Å². The van der Waals surface area contributed by atoms with Crippen LogP contribution in [0, 0.1) is 0 Å². The Balaban J connectivity index is 2.56. The number of nitrogens with zero attached hydrogens (tertiary/aromatic N) is 1. The lowest BCUT2D eigenvalue weighted by molar-refractivity contribution is 0.0778. The third kappa shape index (κ3) is 5.46. The van der Waals surface area contributed by atoms with Gasteiger partial charge in [-0.05, 0) is 17.7 Å². The number of hydrogen-bond donors (Lipinski definition) is 2. The first-order valence-electron chi connectivity index (χ1n) is 5.93. The summed E-state index contributed by atoms with van der Waals surface area (Å²) in [6.45, 7) is 2.39. The monoisotopic (exact) mass is 317 g/mol. The first-order chi connectivity index (χ1) is 8.67. The number of benzene rings is 1. The van der Waals surface area contributed by atoms with Gasteiger partial charge in [0.05, 0.1) is 19.3 Å². The van der Waals surface area contributed by atoms with Crippen LogP contribution in [0.2, 0.25) is 0 Å². The Morgan fingerprint density at radius 2 is 2.17 bits per heavy atom. The van der Waals surface area contributed by atoms with Crippen LogP contribution < -0.4 is 0 Å². The normalized spacial score (nSPS) is 12.9. The lowest BCUT2D eigenvalue weighted by Crippen LogP contribution is -2.34. The van der Waals surface area contributed by atoms with Gasteiger partial charge in [0.2, 0.25) is 0 Å². The zero-order valence-electron chi connectivity index (χ0n) is 10.6. The molecule has 0 aliphatic carbocycles. The maximum absolute atomic E-state index is 10.2. The molecule has 0 aliphatic heterocycles. The van der Waals surface area contributed by atoms with Crippen LogP contribution in [0.15, 0.2) is 28.7 Å². The molecule has 2 N–H and O–H groups in total. The van der Waals surface area contributed by atoms with Gasteiger partial charge >= 0.3 is 0 Å². The van der Waals surface area contributed by atoms with Crippen molar-refractivity contribution in [1.82, 2.24) is 4.90 Å². The predicted molar refractivity (Wildman–Crippen MR) is 74.5 cm³/mol. The second-order valence-corrected chi connectivity index (χ2v) is 5.00. The summed E-state index contributed by atoms with van der Waals surface area (Å²) in [6.07, 6.45) is -0.564. The van der Waals surface area contributed by atoms with E-state index in [0.717, 1.165) is 10.0 Å². The van der Waals surface area contributed by atoms with E-state index in [1.165, 1.54) is 0 Å². The lowest BCUT2D eigenvalue weighted by Gasteiger charge is -2.24. The van der Waals surface area contributed by atoms with E-state index < -0.39 is 6.10 Å². The van der Waals surface area contributed by atoms with Crippen molar-refractivity contribution in [3.05, 3.63) is 34.3 Å². The van der Waals surface area contributed by atoms with Crippen LogP contribution in [0.1, 0.15) is 11.7 Å². The van der Waals surface area contributed by atoms with Gasteiger partial charge in [-0.1, -0.05) is 28.1 Å². The molecule has 18 heavy (non-hydrogen) atoms. The summed E-state index contributed by atoms with van der Waals surface area (Å²) >= 11 is 3.38. The Kier molecular flexibility index (Phi) is 7.46. The molecule has 4 nitrogen and oxygen atoms in total. The van der Waals surface area contributed by atoms with Crippen molar-refractivity contribution >= 4 is 15.9 Å². The van der Waals surface area contributed by atoms with Crippen molar-refractivity contribution in [3.63, 3.8) is 0 Å². The summed E-state index contributed by atoms with van der Waals surface area (Å²) in [6, 6.07) is 7.61. The number of aliphatic hydroxyl groups excluding tert-OH is 2. The molecular formula is C13H20BrNO3. The summed E-state index contributed by atoms with van der Waals surface area (Å²) in [5.41, 5.74) is 0.865. The molecule has 0 amide bonds. The molecule has 5 heteroatoms. The molecule has 1 aromatic rings. The summed E-state index contributed by atoms with van der Waals surface area (Å²) in [5.74, 6) is 0. The minimum atomic E-state index is -0.564. The van der Waals surface area contributed by atoms with Gasteiger partial charge < -0.3 is 14.9 Å². The van der Waals surface area contributed by atoms with Gasteiger partial charge in [-0.2, -0.15) is 0 Å². The average molecular weight is 318 g/mol. The smallest absolute Gasteiger partial charge is 0.0917 e. The van der Waals surface area contributed by atoms with E-state index in [-0.39, 0.29) is 6.61 Å². The van der Waals surface area contributed by atoms with Crippen LogP contribution in [0.25, 0.3) is 0 Å². The second kappa shape index (κ2) is 8.61. The zero-order chi connectivity index (χ0) is 13.4. The predicted octanol–water partition coefficient (Wildman–Crippen LogP) is 1.42. The van der Waals surface area contributed by atoms with Crippen LogP contribution in [-0.2, 0) is 4.74 Å². The molecule has 0 heterocycles. The maximum Gasteiger partial charge on any atom is 0.0917 e. The van der Waals surface area contributed by atoms with Crippen LogP contribution in [0.5, 0.6) is 0 Å². The van der Waals surface area contributed by atoms with Crippen molar-refractivity contribution in [2.24, 2.45) is 0 Å². The highest BCUT2D eigenvalue weighted by atomic mass is 79.9. The van der Waals surface area contributed by atoms with E-state index in [4.69, 9.17) is 9.84 Å². The third-order valence-corrected chi connectivity index (χ3v) is 3.19. The van der Waals surface area contributed by atoms with Crippen molar-refractivity contribution in [2.45, 2.75) is 6.10 Å².